The van der Waals surface area contributed by atoms with E-state index in [9.17, 15) is 4.79 Å². The van der Waals surface area contributed by atoms with Gasteiger partial charge in [0.2, 0.25) is 0 Å². The Morgan fingerprint density at radius 2 is 2.15 bits per heavy atom. The van der Waals surface area contributed by atoms with Crippen molar-refractivity contribution in [2.75, 3.05) is 19.6 Å². The number of carbonyl (C=O) groups is 1. The summed E-state index contributed by atoms with van der Waals surface area (Å²) in [5.41, 5.74) is 1.26. The number of halogens is 2. The summed E-state index contributed by atoms with van der Waals surface area (Å²) in [6, 6.07) is 0. The van der Waals surface area contributed by atoms with Gasteiger partial charge in [0, 0.05) is 17.1 Å². The molecular formula is C8H13Cl2NO2. The van der Waals surface area contributed by atoms with Crippen LogP contribution in [0, 0.1) is 0 Å². The van der Waals surface area contributed by atoms with Crippen LogP contribution in [-0.2, 0) is 4.79 Å². The minimum absolute atomic E-state index is 0.00517. The van der Waals surface area contributed by atoms with Gasteiger partial charge in [0.15, 0.2) is 0 Å². The summed E-state index contributed by atoms with van der Waals surface area (Å²) in [5, 5.41) is 9.01. The molecule has 1 N–H and O–H groups in total. The monoisotopic (exact) mass is 225 g/mol. The van der Waals surface area contributed by atoms with E-state index < -0.39 is 5.97 Å². The van der Waals surface area contributed by atoms with Crippen LogP contribution in [0.4, 0.5) is 0 Å². The van der Waals surface area contributed by atoms with Crippen LogP contribution in [0.15, 0.2) is 10.6 Å². The summed E-state index contributed by atoms with van der Waals surface area (Å²) >= 11 is 11.0. The van der Waals surface area contributed by atoms with Gasteiger partial charge in [0.05, 0.1) is 6.54 Å². The van der Waals surface area contributed by atoms with Crippen LogP contribution in [0.25, 0.3) is 0 Å². The lowest BCUT2D eigenvalue weighted by molar-refractivity contribution is -0.138. The maximum absolute atomic E-state index is 10.4. The maximum Gasteiger partial charge on any atom is 0.317 e. The van der Waals surface area contributed by atoms with Gasteiger partial charge in [-0.3, -0.25) is 9.69 Å². The Hall–Kier alpha value is -0.250. The van der Waals surface area contributed by atoms with Crippen molar-refractivity contribution in [3.63, 3.8) is 0 Å². The van der Waals surface area contributed by atoms with Crippen LogP contribution in [0.1, 0.15) is 13.3 Å². The predicted octanol–water partition coefficient (Wildman–Crippen LogP) is 2.10. The second kappa shape index (κ2) is 7.18. The lowest BCUT2D eigenvalue weighted by Gasteiger charge is -2.18. The molecule has 0 aromatic carbocycles. The first-order chi connectivity index (χ1) is 6.10. The molecule has 0 bridgehead atoms. The molecule has 0 saturated carbocycles. The molecule has 0 atom stereocenters. The number of aliphatic carboxylic acids is 1. The molecule has 0 aromatic heterocycles. The molecule has 76 valence electrons. The van der Waals surface area contributed by atoms with Crippen LogP contribution in [0.5, 0.6) is 0 Å². The highest BCUT2D eigenvalue weighted by molar-refractivity contribution is 6.36. The minimum atomic E-state index is -0.854. The smallest absolute Gasteiger partial charge is 0.317 e. The van der Waals surface area contributed by atoms with E-state index in [2.05, 4.69) is 0 Å². The molecule has 3 nitrogen and oxygen atoms in total. The lowest BCUT2D eigenvalue weighted by atomic mass is 10.4. The van der Waals surface area contributed by atoms with Gasteiger partial charge in [-0.05, 0) is 13.0 Å². The van der Waals surface area contributed by atoms with Gasteiger partial charge < -0.3 is 5.11 Å². The Morgan fingerprint density at radius 1 is 1.54 bits per heavy atom. The summed E-state index contributed by atoms with van der Waals surface area (Å²) in [7, 11) is 0. The van der Waals surface area contributed by atoms with Crippen LogP contribution < -0.4 is 0 Å². The summed E-state index contributed by atoms with van der Waals surface area (Å²) in [6.45, 7) is 3.07. The van der Waals surface area contributed by atoms with E-state index in [-0.39, 0.29) is 6.54 Å². The molecule has 0 aliphatic heterocycles. The van der Waals surface area contributed by atoms with Crippen molar-refractivity contribution >= 4 is 29.2 Å². The third-order valence-electron chi connectivity index (χ3n) is 1.39. The lowest BCUT2D eigenvalue weighted by Crippen LogP contribution is -2.31. The molecule has 0 unspecified atom stereocenters. The van der Waals surface area contributed by atoms with Crippen molar-refractivity contribution in [2.24, 2.45) is 0 Å². The first kappa shape index (κ1) is 12.8. The van der Waals surface area contributed by atoms with Gasteiger partial charge in [-0.2, -0.15) is 0 Å². The Bertz CT molecular complexity index is 195. The van der Waals surface area contributed by atoms with E-state index in [1.807, 2.05) is 6.92 Å². The number of rotatable bonds is 6. The summed E-state index contributed by atoms with van der Waals surface area (Å²) in [4.78, 5) is 12.1. The second-order valence-corrected chi connectivity index (χ2v) is 3.36. The van der Waals surface area contributed by atoms with Crippen molar-refractivity contribution in [3.05, 3.63) is 10.6 Å². The van der Waals surface area contributed by atoms with Gasteiger partial charge in [-0.1, -0.05) is 30.1 Å². The standard InChI is InChI=1S/C8H13Cl2NO2/c1-2-3-11(6-8(12)13)5-7(10)4-9/h4H,2-3,5-6H2,1H3,(H,12,13). The van der Waals surface area contributed by atoms with E-state index in [4.69, 9.17) is 28.3 Å². The van der Waals surface area contributed by atoms with E-state index >= 15 is 0 Å². The largest absolute Gasteiger partial charge is 0.480 e. The molecule has 0 saturated heterocycles. The molecule has 0 aliphatic rings. The average molecular weight is 226 g/mol. The van der Waals surface area contributed by atoms with Gasteiger partial charge in [0.25, 0.3) is 0 Å². The second-order valence-electron chi connectivity index (χ2n) is 2.66. The fraction of sp³-hybridized carbons (Fsp3) is 0.625. The first-order valence-electron chi connectivity index (χ1n) is 3.99. The third kappa shape index (κ3) is 6.87. The predicted molar refractivity (Wildman–Crippen MR) is 54.2 cm³/mol. The molecule has 5 heteroatoms. The van der Waals surface area contributed by atoms with Crippen molar-refractivity contribution in [3.8, 4) is 0 Å². The van der Waals surface area contributed by atoms with Crippen LogP contribution in [0.3, 0.4) is 0 Å². The maximum atomic E-state index is 10.4. The fourth-order valence-corrected chi connectivity index (χ4v) is 1.21. The number of carboxylic acids is 1. The molecule has 0 fully saturated rings. The van der Waals surface area contributed by atoms with Crippen LogP contribution >= 0.6 is 23.2 Å². The van der Waals surface area contributed by atoms with E-state index in [0.29, 0.717) is 18.1 Å². The average Bonchev–Trinajstić information content (AvgIpc) is 2.03. The van der Waals surface area contributed by atoms with Crippen molar-refractivity contribution in [2.45, 2.75) is 13.3 Å². The van der Waals surface area contributed by atoms with Crippen LogP contribution in [-0.4, -0.2) is 35.6 Å². The minimum Gasteiger partial charge on any atom is -0.480 e. The summed E-state index contributed by atoms with van der Waals surface area (Å²) in [5.74, 6) is -0.854. The van der Waals surface area contributed by atoms with Gasteiger partial charge in [-0.25, -0.2) is 0 Å². The quantitative estimate of drug-likeness (QED) is 0.753. The van der Waals surface area contributed by atoms with Gasteiger partial charge in [0.1, 0.15) is 0 Å². The van der Waals surface area contributed by atoms with E-state index in [1.54, 1.807) is 4.90 Å². The SMILES string of the molecule is CCCN(CC(=O)O)CC(Cl)=CCl. The topological polar surface area (TPSA) is 40.5 Å². The van der Waals surface area contributed by atoms with Gasteiger partial charge >= 0.3 is 5.97 Å². The summed E-state index contributed by atoms with van der Waals surface area (Å²) in [6.07, 6.45) is 0.889. The normalized spacial score (nSPS) is 12.2. The molecule has 0 aliphatic carbocycles. The third-order valence-corrected chi connectivity index (χ3v) is 2.00. The molecular weight excluding hydrogens is 213 g/mol. The van der Waals surface area contributed by atoms with Crippen molar-refractivity contribution in [1.29, 1.82) is 0 Å². The highest BCUT2D eigenvalue weighted by Gasteiger charge is 2.09. The van der Waals surface area contributed by atoms with E-state index in [1.165, 1.54) is 5.54 Å². The number of nitrogens with zero attached hydrogens (tertiary/aromatic N) is 1. The number of hydrogen-bond acceptors (Lipinski definition) is 2. The summed E-state index contributed by atoms with van der Waals surface area (Å²) < 4.78 is 0. The molecule has 0 amide bonds. The first-order valence-corrected chi connectivity index (χ1v) is 4.80. The van der Waals surface area contributed by atoms with Crippen LogP contribution in [0.2, 0.25) is 0 Å². The fourth-order valence-electron chi connectivity index (χ4n) is 0.970. The highest BCUT2D eigenvalue weighted by atomic mass is 35.5. The van der Waals surface area contributed by atoms with Crippen molar-refractivity contribution < 1.29 is 9.90 Å². The highest BCUT2D eigenvalue weighted by Crippen LogP contribution is 2.06. The molecule has 0 heterocycles. The zero-order valence-corrected chi connectivity index (χ0v) is 8.98. The van der Waals surface area contributed by atoms with Crippen molar-refractivity contribution in [1.82, 2.24) is 4.90 Å². The molecule has 0 spiro atoms. The van der Waals surface area contributed by atoms with Gasteiger partial charge in [-0.15, -0.1) is 0 Å². The molecule has 0 radical (unpaired) electrons. The Morgan fingerprint density at radius 3 is 2.54 bits per heavy atom. The Balaban J connectivity index is 4.01. The molecule has 0 aromatic rings. The Labute approximate surface area is 87.9 Å². The number of carboxylic acid groups (broad SMARTS) is 1. The Kier molecular flexibility index (Phi) is 7.04. The van der Waals surface area contributed by atoms with E-state index in [0.717, 1.165) is 6.42 Å². The zero-order chi connectivity index (χ0) is 10.3. The zero-order valence-electron chi connectivity index (χ0n) is 7.46. The number of hydrogen-bond donors (Lipinski definition) is 1. The molecule has 13 heavy (non-hydrogen) atoms. The molecule has 0 rings (SSSR count).